The molecular weight excluding hydrogens is 465 g/mol. The Kier molecular flexibility index (Phi) is 8.47. The molecule has 1 amide bonds. The monoisotopic (exact) mass is 489 g/mol. The van der Waals surface area contributed by atoms with Crippen molar-refractivity contribution in [2.45, 2.75) is 45.6 Å². The van der Waals surface area contributed by atoms with E-state index in [-0.39, 0.29) is 34.0 Å². The Hall–Kier alpha value is -2.90. The van der Waals surface area contributed by atoms with Crippen molar-refractivity contribution in [1.29, 1.82) is 0 Å². The number of pyridine rings is 1. The lowest BCUT2D eigenvalue weighted by molar-refractivity contribution is -0.145. The number of anilines is 1. The van der Waals surface area contributed by atoms with Gasteiger partial charge in [0.15, 0.2) is 5.78 Å². The average molecular weight is 490 g/mol. The quantitative estimate of drug-likeness (QED) is 0.494. The highest BCUT2D eigenvalue weighted by molar-refractivity contribution is 6.40. The zero-order chi connectivity index (χ0) is 24.0. The molecule has 7 nitrogen and oxygen atoms in total. The van der Waals surface area contributed by atoms with Gasteiger partial charge in [-0.2, -0.15) is 0 Å². The Morgan fingerprint density at radius 1 is 1.09 bits per heavy atom. The van der Waals surface area contributed by atoms with E-state index in [1.54, 1.807) is 19.1 Å². The van der Waals surface area contributed by atoms with E-state index in [1.165, 1.54) is 12.4 Å². The number of Topliss-reactive ketones (excluding diaryl/α,β-unsaturated/α-hetero) is 1. The minimum atomic E-state index is -0.623. The normalized spacial score (nSPS) is 14.2. The number of esters is 1. The zero-order valence-corrected chi connectivity index (χ0v) is 19.9. The van der Waals surface area contributed by atoms with Crippen molar-refractivity contribution in [2.24, 2.45) is 0 Å². The van der Waals surface area contributed by atoms with E-state index in [0.29, 0.717) is 31.4 Å². The summed E-state index contributed by atoms with van der Waals surface area (Å²) in [6.07, 6.45) is 4.75. The van der Waals surface area contributed by atoms with Gasteiger partial charge in [-0.3, -0.25) is 14.6 Å². The first kappa shape index (κ1) is 24.7. The lowest BCUT2D eigenvalue weighted by Crippen LogP contribution is -2.39. The number of aromatic nitrogens is 1. The number of ketones is 1. The molecule has 1 aromatic heterocycles. The molecule has 33 heavy (non-hydrogen) atoms. The van der Waals surface area contributed by atoms with E-state index in [0.717, 1.165) is 16.8 Å². The summed E-state index contributed by atoms with van der Waals surface area (Å²) in [7, 11) is 0. The molecule has 9 heteroatoms. The summed E-state index contributed by atoms with van der Waals surface area (Å²) in [6, 6.07) is 6.47. The van der Waals surface area contributed by atoms with Crippen LogP contribution in [0.2, 0.25) is 10.0 Å². The van der Waals surface area contributed by atoms with Crippen LogP contribution in [0.5, 0.6) is 0 Å². The largest absolute Gasteiger partial charge is 0.464 e. The third kappa shape index (κ3) is 6.12. The standard InChI is InChI=1S/C24H25Cl2N3O4/c1-3-16-19(9-10-21(16)30)29-20(24(32)33-4-2)11-14-5-7-15(8-6-14)28-23(31)22-17(25)12-27-13-18(22)26/h5-8,12-13,20,29H,3-4,9-11H2,1-2H3,(H,28,31)/t20-/m0/s1. The second kappa shape index (κ2) is 11.3. The van der Waals surface area contributed by atoms with Gasteiger partial charge in [0.25, 0.3) is 5.91 Å². The predicted molar refractivity (Wildman–Crippen MR) is 127 cm³/mol. The van der Waals surface area contributed by atoms with E-state index in [9.17, 15) is 14.4 Å². The van der Waals surface area contributed by atoms with Gasteiger partial charge in [-0.05, 0) is 37.5 Å². The van der Waals surface area contributed by atoms with Crippen LogP contribution in [-0.2, 0) is 20.7 Å². The van der Waals surface area contributed by atoms with Gasteiger partial charge < -0.3 is 15.4 Å². The van der Waals surface area contributed by atoms with Crippen LogP contribution in [0.3, 0.4) is 0 Å². The van der Waals surface area contributed by atoms with Gasteiger partial charge >= 0.3 is 5.97 Å². The smallest absolute Gasteiger partial charge is 0.328 e. The molecule has 0 bridgehead atoms. The van der Waals surface area contributed by atoms with Crippen molar-refractivity contribution < 1.29 is 19.1 Å². The van der Waals surface area contributed by atoms with E-state index in [4.69, 9.17) is 27.9 Å². The van der Waals surface area contributed by atoms with Crippen LogP contribution in [0.15, 0.2) is 47.9 Å². The number of amides is 1. The molecule has 1 aromatic carbocycles. The molecule has 174 valence electrons. The molecule has 0 aliphatic heterocycles. The fraction of sp³-hybridized carbons (Fsp3) is 0.333. The SMILES string of the molecule is CCOC(=O)[C@H](Cc1ccc(NC(=O)c2c(Cl)cncc2Cl)cc1)NC1=C(CC)C(=O)CC1. The van der Waals surface area contributed by atoms with Gasteiger partial charge in [-0.25, -0.2) is 4.79 Å². The molecule has 0 spiro atoms. The summed E-state index contributed by atoms with van der Waals surface area (Å²) < 4.78 is 5.23. The summed E-state index contributed by atoms with van der Waals surface area (Å²) in [4.78, 5) is 41.0. The highest BCUT2D eigenvalue weighted by Gasteiger charge is 2.27. The van der Waals surface area contributed by atoms with Crippen molar-refractivity contribution in [1.82, 2.24) is 10.3 Å². The second-order valence-electron chi connectivity index (χ2n) is 7.52. The third-order valence-corrected chi connectivity index (χ3v) is 5.88. The number of hydrogen-bond donors (Lipinski definition) is 2. The van der Waals surface area contributed by atoms with Crippen molar-refractivity contribution >= 4 is 46.5 Å². The number of rotatable bonds is 9. The van der Waals surface area contributed by atoms with E-state index < -0.39 is 11.9 Å². The van der Waals surface area contributed by atoms with Crippen LogP contribution in [-0.4, -0.2) is 35.3 Å². The molecule has 0 unspecified atom stereocenters. The zero-order valence-electron chi connectivity index (χ0n) is 18.4. The second-order valence-corrected chi connectivity index (χ2v) is 8.33. The lowest BCUT2D eigenvalue weighted by Gasteiger charge is -2.20. The topological polar surface area (TPSA) is 97.4 Å². The lowest BCUT2D eigenvalue weighted by atomic mass is 10.0. The maximum Gasteiger partial charge on any atom is 0.328 e. The molecule has 2 aromatic rings. The molecule has 1 atom stereocenters. The van der Waals surface area contributed by atoms with Gasteiger partial charge in [0.05, 0.1) is 22.2 Å². The molecule has 1 aliphatic rings. The Bertz CT molecular complexity index is 1060. The molecule has 0 radical (unpaired) electrons. The number of ether oxygens (including phenoxy) is 1. The van der Waals surface area contributed by atoms with Crippen molar-refractivity contribution in [3.63, 3.8) is 0 Å². The van der Waals surface area contributed by atoms with Crippen molar-refractivity contribution in [2.75, 3.05) is 11.9 Å². The predicted octanol–water partition coefficient (Wildman–Crippen LogP) is 4.73. The maximum atomic E-state index is 12.6. The number of hydrogen-bond acceptors (Lipinski definition) is 6. The first-order chi connectivity index (χ1) is 15.8. The number of nitrogens with zero attached hydrogens (tertiary/aromatic N) is 1. The Balaban J connectivity index is 1.72. The van der Waals surface area contributed by atoms with E-state index >= 15 is 0 Å². The van der Waals surface area contributed by atoms with Gasteiger partial charge in [0, 0.05) is 42.2 Å². The number of benzene rings is 1. The molecule has 1 heterocycles. The molecule has 0 saturated carbocycles. The van der Waals surface area contributed by atoms with Gasteiger partial charge in [-0.1, -0.05) is 42.3 Å². The summed E-state index contributed by atoms with van der Waals surface area (Å²) in [6.45, 7) is 3.95. The number of carbonyl (C=O) groups is 3. The van der Waals surface area contributed by atoms with Crippen LogP contribution in [0.1, 0.15) is 49.0 Å². The Morgan fingerprint density at radius 2 is 1.76 bits per heavy atom. The van der Waals surface area contributed by atoms with E-state index in [2.05, 4.69) is 15.6 Å². The van der Waals surface area contributed by atoms with Crippen molar-refractivity contribution in [3.05, 3.63) is 69.1 Å². The van der Waals surface area contributed by atoms with Gasteiger partial charge in [0.1, 0.15) is 6.04 Å². The van der Waals surface area contributed by atoms with Crippen LogP contribution < -0.4 is 10.6 Å². The maximum absolute atomic E-state index is 12.6. The minimum Gasteiger partial charge on any atom is -0.464 e. The molecule has 3 rings (SSSR count). The van der Waals surface area contributed by atoms with Crippen LogP contribution in [0, 0.1) is 0 Å². The number of halogens is 2. The van der Waals surface area contributed by atoms with Crippen LogP contribution in [0.25, 0.3) is 0 Å². The van der Waals surface area contributed by atoms with Crippen LogP contribution >= 0.6 is 23.2 Å². The number of nitrogens with one attached hydrogen (secondary N) is 2. The first-order valence-electron chi connectivity index (χ1n) is 10.7. The van der Waals surface area contributed by atoms with Crippen molar-refractivity contribution in [3.8, 4) is 0 Å². The first-order valence-corrected chi connectivity index (χ1v) is 11.5. The number of allylic oxidation sites excluding steroid dienone is 2. The molecule has 0 saturated heterocycles. The third-order valence-electron chi connectivity index (χ3n) is 5.31. The summed E-state index contributed by atoms with van der Waals surface area (Å²) in [5, 5.41) is 6.31. The fourth-order valence-electron chi connectivity index (χ4n) is 3.71. The Morgan fingerprint density at radius 3 is 2.36 bits per heavy atom. The Labute approximate surface area is 202 Å². The highest BCUT2D eigenvalue weighted by Crippen LogP contribution is 2.25. The van der Waals surface area contributed by atoms with Gasteiger partial charge in [0.2, 0.25) is 0 Å². The fourth-order valence-corrected chi connectivity index (χ4v) is 4.24. The highest BCUT2D eigenvalue weighted by atomic mass is 35.5. The van der Waals surface area contributed by atoms with Gasteiger partial charge in [-0.15, -0.1) is 0 Å². The van der Waals surface area contributed by atoms with E-state index in [1.807, 2.05) is 19.1 Å². The molecule has 2 N–H and O–H groups in total. The van der Waals surface area contributed by atoms with Crippen LogP contribution in [0.4, 0.5) is 5.69 Å². The minimum absolute atomic E-state index is 0.122. The molecule has 1 aliphatic carbocycles. The number of carbonyl (C=O) groups excluding carboxylic acids is 3. The molecule has 0 fully saturated rings. The average Bonchev–Trinajstić information content (AvgIpc) is 3.13. The summed E-state index contributed by atoms with van der Waals surface area (Å²) >= 11 is 12.1. The summed E-state index contributed by atoms with van der Waals surface area (Å²) in [5.74, 6) is -0.701. The molecular formula is C24H25Cl2N3O4. The summed E-state index contributed by atoms with van der Waals surface area (Å²) in [5.41, 5.74) is 3.12.